The number of para-hydroxylation sites is 1. The van der Waals surface area contributed by atoms with Crippen LogP contribution in [0.5, 0.6) is 5.75 Å². The van der Waals surface area contributed by atoms with Crippen molar-refractivity contribution in [2.24, 2.45) is 0 Å². The second-order valence-corrected chi connectivity index (χ2v) is 12.9. The minimum Gasteiger partial charge on any atom is -0.496 e. The number of nitrogens with zero attached hydrogens (tertiary/aromatic N) is 2. The number of sulfonamides is 1. The van der Waals surface area contributed by atoms with Crippen LogP contribution >= 0.6 is 0 Å². The van der Waals surface area contributed by atoms with Gasteiger partial charge in [0.25, 0.3) is 5.56 Å². The third-order valence-corrected chi connectivity index (χ3v) is 9.18. The molecule has 0 fully saturated rings. The largest absolute Gasteiger partial charge is 0.496 e. The number of oxazole rings is 1. The number of anilines is 1. The lowest BCUT2D eigenvalue weighted by atomic mass is 9.98. The van der Waals surface area contributed by atoms with E-state index in [0.29, 0.717) is 55.6 Å². The number of hydrogen-bond acceptors (Lipinski definition) is 8. The molecule has 2 N–H and O–H groups in total. The molecule has 10 nitrogen and oxygen atoms in total. The van der Waals surface area contributed by atoms with Gasteiger partial charge in [0.15, 0.2) is 5.58 Å². The summed E-state index contributed by atoms with van der Waals surface area (Å²) in [7, 11) is -0.797. The number of H-pyrrole nitrogens is 1. The van der Waals surface area contributed by atoms with Crippen molar-refractivity contribution in [3.05, 3.63) is 88.5 Å². The summed E-state index contributed by atoms with van der Waals surface area (Å²) in [5.74, 6) is 0.177. The number of aromatic amines is 1. The van der Waals surface area contributed by atoms with Crippen molar-refractivity contribution in [2.75, 3.05) is 24.7 Å². The number of aliphatic hydroxyl groups is 1. The van der Waals surface area contributed by atoms with E-state index in [1.807, 2.05) is 0 Å². The molecule has 0 aliphatic carbocycles. The van der Waals surface area contributed by atoms with Crippen molar-refractivity contribution < 1.29 is 31.5 Å². The van der Waals surface area contributed by atoms with Crippen LogP contribution in [-0.2, 0) is 10.0 Å². The van der Waals surface area contributed by atoms with E-state index in [4.69, 9.17) is 13.6 Å². The summed E-state index contributed by atoms with van der Waals surface area (Å²) in [5.41, 5.74) is 3.74. The van der Waals surface area contributed by atoms with E-state index < -0.39 is 27.5 Å². The van der Waals surface area contributed by atoms with Crippen molar-refractivity contribution in [1.29, 1.82) is 0 Å². The number of nitrogens with one attached hydrogen (secondary N) is 1. The lowest BCUT2D eigenvalue weighted by molar-refractivity contribution is 0.200. The molecule has 3 heterocycles. The number of aromatic nitrogens is 2. The standard InChI is InChI=1S/C33H26FN3O7S/c1-16(38)19-6-5-7-27-30(19)36-33(44-27)23-12-17(8-11-26(23)42-3)21-14-22-28(15-25(21)37(2)45(4,40)41)43-31-20-10-9-18(34)13-24(20)35-32(39)29(22)31/h5-16,38H,1-4H3,(H,35,39). The smallest absolute Gasteiger partial charge is 0.260 e. The second-order valence-electron chi connectivity index (χ2n) is 10.9. The van der Waals surface area contributed by atoms with E-state index in [0.717, 1.165) is 10.6 Å². The molecule has 0 saturated heterocycles. The van der Waals surface area contributed by atoms with Crippen LogP contribution < -0.4 is 14.6 Å². The van der Waals surface area contributed by atoms with E-state index in [1.54, 1.807) is 55.5 Å². The highest BCUT2D eigenvalue weighted by atomic mass is 32.2. The Labute approximate surface area is 255 Å². The van der Waals surface area contributed by atoms with Crippen LogP contribution in [0.2, 0.25) is 0 Å². The van der Waals surface area contributed by atoms with Gasteiger partial charge in [0.1, 0.15) is 28.2 Å². The number of ether oxygens (including phenoxy) is 1. The Hall–Kier alpha value is -5.20. The molecular weight excluding hydrogens is 601 g/mol. The van der Waals surface area contributed by atoms with Gasteiger partial charge in [-0.05, 0) is 55.0 Å². The number of aliphatic hydroxyl groups excluding tert-OH is 1. The van der Waals surface area contributed by atoms with Gasteiger partial charge in [-0.3, -0.25) is 9.10 Å². The van der Waals surface area contributed by atoms with Crippen molar-refractivity contribution in [3.63, 3.8) is 0 Å². The van der Waals surface area contributed by atoms with Gasteiger partial charge in [0, 0.05) is 35.0 Å². The molecule has 7 aromatic rings. The molecule has 0 bridgehead atoms. The number of fused-ring (bicyclic) bond motifs is 6. The molecule has 0 saturated carbocycles. The van der Waals surface area contributed by atoms with Crippen LogP contribution in [0.3, 0.4) is 0 Å². The summed E-state index contributed by atoms with van der Waals surface area (Å²) in [6, 6.07) is 17.8. The van der Waals surface area contributed by atoms with E-state index in [9.17, 15) is 22.7 Å². The molecule has 45 heavy (non-hydrogen) atoms. The van der Waals surface area contributed by atoms with Crippen molar-refractivity contribution in [1.82, 2.24) is 9.97 Å². The third kappa shape index (κ3) is 4.61. The van der Waals surface area contributed by atoms with Crippen molar-refractivity contribution in [3.8, 4) is 28.3 Å². The van der Waals surface area contributed by atoms with E-state index >= 15 is 0 Å². The second kappa shape index (κ2) is 10.2. The zero-order valence-electron chi connectivity index (χ0n) is 24.5. The highest BCUT2D eigenvalue weighted by Crippen LogP contribution is 2.43. The lowest BCUT2D eigenvalue weighted by Crippen LogP contribution is -2.25. The maximum Gasteiger partial charge on any atom is 0.260 e. The topological polar surface area (TPSA) is 139 Å². The molecule has 228 valence electrons. The molecule has 12 heteroatoms. The molecule has 0 aliphatic heterocycles. The lowest BCUT2D eigenvalue weighted by Gasteiger charge is -2.21. The minimum absolute atomic E-state index is 0.236. The summed E-state index contributed by atoms with van der Waals surface area (Å²) in [6.45, 7) is 1.64. The number of rotatable bonds is 6. The zero-order valence-corrected chi connectivity index (χ0v) is 25.3. The summed E-state index contributed by atoms with van der Waals surface area (Å²) in [5, 5.41) is 11.5. The fraction of sp³-hybridized carbons (Fsp3) is 0.152. The first kappa shape index (κ1) is 28.6. The number of halogens is 1. The fourth-order valence-electron chi connectivity index (χ4n) is 5.69. The maximum absolute atomic E-state index is 13.9. The predicted octanol–water partition coefficient (Wildman–Crippen LogP) is 6.50. The van der Waals surface area contributed by atoms with Gasteiger partial charge in [-0.2, -0.15) is 0 Å². The van der Waals surface area contributed by atoms with Gasteiger partial charge >= 0.3 is 0 Å². The van der Waals surface area contributed by atoms with Crippen LogP contribution in [0.1, 0.15) is 18.6 Å². The summed E-state index contributed by atoms with van der Waals surface area (Å²) in [4.78, 5) is 20.7. The quantitative estimate of drug-likeness (QED) is 0.213. The summed E-state index contributed by atoms with van der Waals surface area (Å²) < 4.78 is 58.5. The Bertz CT molecular complexity index is 2500. The van der Waals surface area contributed by atoms with Gasteiger partial charge < -0.3 is 23.7 Å². The van der Waals surface area contributed by atoms with Gasteiger partial charge in [0.05, 0.1) is 41.6 Å². The summed E-state index contributed by atoms with van der Waals surface area (Å²) in [6.07, 6.45) is 0.314. The molecule has 0 amide bonds. The first-order chi connectivity index (χ1) is 21.4. The number of pyridine rings is 1. The minimum atomic E-state index is -3.74. The zero-order chi connectivity index (χ0) is 31.8. The number of furan rings is 1. The predicted molar refractivity (Wildman–Crippen MR) is 171 cm³/mol. The van der Waals surface area contributed by atoms with E-state index in [2.05, 4.69) is 9.97 Å². The Morgan fingerprint density at radius 2 is 1.80 bits per heavy atom. The molecule has 1 unspecified atom stereocenters. The van der Waals surface area contributed by atoms with Crippen LogP contribution in [0.15, 0.2) is 80.4 Å². The normalized spacial score (nSPS) is 12.8. The molecule has 0 radical (unpaired) electrons. The number of hydrogen-bond donors (Lipinski definition) is 2. The van der Waals surface area contributed by atoms with E-state index in [-0.39, 0.29) is 28.0 Å². The Morgan fingerprint density at radius 1 is 1.00 bits per heavy atom. The molecule has 0 aliphatic rings. The van der Waals surface area contributed by atoms with Crippen molar-refractivity contribution in [2.45, 2.75) is 13.0 Å². The molecule has 3 aromatic heterocycles. The first-order valence-electron chi connectivity index (χ1n) is 13.9. The summed E-state index contributed by atoms with van der Waals surface area (Å²) >= 11 is 0. The Kier molecular flexibility index (Phi) is 6.46. The molecule has 0 spiro atoms. The number of benzene rings is 4. The number of methoxy groups -OCH3 is 1. The van der Waals surface area contributed by atoms with Gasteiger partial charge in [-0.25, -0.2) is 17.8 Å². The highest BCUT2D eigenvalue weighted by Gasteiger charge is 2.24. The van der Waals surface area contributed by atoms with Crippen LogP contribution in [0, 0.1) is 5.82 Å². The van der Waals surface area contributed by atoms with Gasteiger partial charge in [-0.1, -0.05) is 18.2 Å². The maximum atomic E-state index is 13.9. The fourth-order valence-corrected chi connectivity index (χ4v) is 6.19. The average Bonchev–Trinajstić information content (AvgIpc) is 3.61. The Balaban J connectivity index is 1.51. The van der Waals surface area contributed by atoms with Gasteiger partial charge in [0.2, 0.25) is 15.9 Å². The van der Waals surface area contributed by atoms with Crippen LogP contribution in [-0.4, -0.2) is 43.9 Å². The highest BCUT2D eigenvalue weighted by molar-refractivity contribution is 7.92. The molecule has 4 aromatic carbocycles. The van der Waals surface area contributed by atoms with Crippen molar-refractivity contribution >= 4 is 59.7 Å². The van der Waals surface area contributed by atoms with E-state index in [1.165, 1.54) is 32.4 Å². The van der Waals surface area contributed by atoms with Crippen LogP contribution in [0.4, 0.5) is 10.1 Å². The molecule has 1 atom stereocenters. The monoisotopic (exact) mass is 627 g/mol. The average molecular weight is 628 g/mol. The SMILES string of the molecule is COc1ccc(-c2cc3c(cc2N(C)S(C)(=O)=O)oc2c4ccc(F)cc4[nH]c(=O)c32)cc1-c1nc2c(C(C)O)cccc2o1. The molecular formula is C33H26FN3O7S. The van der Waals surface area contributed by atoms with Crippen LogP contribution in [0.25, 0.3) is 66.5 Å². The molecule has 7 rings (SSSR count). The van der Waals surface area contributed by atoms with Gasteiger partial charge in [-0.15, -0.1) is 0 Å². The first-order valence-corrected chi connectivity index (χ1v) is 15.7. The third-order valence-electron chi connectivity index (χ3n) is 7.99. The Morgan fingerprint density at radius 3 is 2.53 bits per heavy atom.